The number of aliphatic hydroxyl groups is 6. The molecular formula is C17H34N2O6. The number of hydrogen-bond acceptors (Lipinski definition) is 8. The summed E-state index contributed by atoms with van der Waals surface area (Å²) in [5, 5.41) is 55.6. The topological polar surface area (TPSA) is 128 Å². The van der Waals surface area contributed by atoms with Crippen molar-refractivity contribution >= 4 is 0 Å². The Morgan fingerprint density at radius 1 is 0.800 bits per heavy atom. The summed E-state index contributed by atoms with van der Waals surface area (Å²) in [7, 11) is 0. The van der Waals surface area contributed by atoms with Crippen LogP contribution in [0.25, 0.3) is 0 Å². The van der Waals surface area contributed by atoms with Crippen LogP contribution in [0, 0.1) is 5.92 Å². The molecular weight excluding hydrogens is 328 g/mol. The minimum Gasteiger partial charge on any atom is -0.395 e. The van der Waals surface area contributed by atoms with Crippen molar-refractivity contribution in [3.05, 3.63) is 0 Å². The molecule has 3 aliphatic rings. The van der Waals surface area contributed by atoms with E-state index in [4.69, 9.17) is 10.2 Å². The van der Waals surface area contributed by atoms with Crippen LogP contribution in [0.2, 0.25) is 0 Å². The molecule has 25 heavy (non-hydrogen) atoms. The Morgan fingerprint density at radius 2 is 1.28 bits per heavy atom. The summed E-state index contributed by atoms with van der Waals surface area (Å²) in [6.45, 7) is 4.59. The van der Waals surface area contributed by atoms with E-state index in [0.717, 1.165) is 25.4 Å². The van der Waals surface area contributed by atoms with E-state index in [1.165, 1.54) is 12.8 Å². The molecule has 2 heterocycles. The Balaban J connectivity index is 0.000000181. The third-order valence-corrected chi connectivity index (χ3v) is 5.43. The lowest BCUT2D eigenvalue weighted by Crippen LogP contribution is -2.39. The van der Waals surface area contributed by atoms with Gasteiger partial charge >= 0.3 is 0 Å². The Bertz CT molecular complexity index is 395. The molecule has 0 spiro atoms. The van der Waals surface area contributed by atoms with Gasteiger partial charge < -0.3 is 30.6 Å². The first-order chi connectivity index (χ1) is 11.9. The number of nitrogens with zero attached hydrogens (tertiary/aromatic N) is 2. The number of likely N-dealkylation sites (tertiary alicyclic amines) is 2. The molecule has 3 fully saturated rings. The lowest BCUT2D eigenvalue weighted by molar-refractivity contribution is 0.0213. The van der Waals surface area contributed by atoms with Crippen LogP contribution in [0.4, 0.5) is 0 Å². The highest BCUT2D eigenvalue weighted by Crippen LogP contribution is 2.32. The van der Waals surface area contributed by atoms with Gasteiger partial charge in [-0.25, -0.2) is 0 Å². The number of β-amino-alcohol motifs (C(OH)–C–C–N with tert-alkyl or cyclic N) is 2. The van der Waals surface area contributed by atoms with Gasteiger partial charge in [0.15, 0.2) is 0 Å². The summed E-state index contributed by atoms with van der Waals surface area (Å²) in [6, 6.07) is -0.532. The van der Waals surface area contributed by atoms with Crippen molar-refractivity contribution < 1.29 is 30.6 Å². The molecule has 1 saturated carbocycles. The maximum Gasteiger partial charge on any atom is 0.0988 e. The maximum atomic E-state index is 9.51. The molecule has 0 radical (unpaired) electrons. The summed E-state index contributed by atoms with van der Waals surface area (Å²) in [5.41, 5.74) is 0. The van der Waals surface area contributed by atoms with E-state index in [0.29, 0.717) is 13.1 Å². The fourth-order valence-corrected chi connectivity index (χ4v) is 3.75. The highest BCUT2D eigenvalue weighted by atomic mass is 16.3. The van der Waals surface area contributed by atoms with Crippen molar-refractivity contribution in [3.8, 4) is 0 Å². The van der Waals surface area contributed by atoms with Crippen LogP contribution in [0.3, 0.4) is 0 Å². The molecule has 3 rings (SSSR count). The van der Waals surface area contributed by atoms with Crippen LogP contribution in [-0.2, 0) is 0 Å². The van der Waals surface area contributed by atoms with Crippen LogP contribution in [0.5, 0.6) is 0 Å². The molecule has 0 amide bonds. The molecule has 0 aromatic rings. The molecule has 2 saturated heterocycles. The Hall–Kier alpha value is -0.320. The zero-order valence-electron chi connectivity index (χ0n) is 15.0. The lowest BCUT2D eigenvalue weighted by Gasteiger charge is -2.23. The van der Waals surface area contributed by atoms with Crippen LogP contribution in [0.1, 0.15) is 26.2 Å². The standard InChI is InChI=1S/C9H17NO3.C8H17NO3/c11-5-7-9(13)8(12)4-10(7)3-6-1-2-6;1-2-3-9-4-7(11)8(12)6(9)5-10/h6-9,11-13H,1-5H2;6-8,10-12H,2-5H2,1H3/t7-,8-,9-;6-,7-,8-/m11/s1. The van der Waals surface area contributed by atoms with Crippen LogP contribution >= 0.6 is 0 Å². The maximum absolute atomic E-state index is 9.51. The van der Waals surface area contributed by atoms with Gasteiger partial charge in [0.25, 0.3) is 0 Å². The molecule has 0 unspecified atom stereocenters. The Kier molecular flexibility index (Phi) is 8.03. The van der Waals surface area contributed by atoms with Gasteiger partial charge in [-0.05, 0) is 31.7 Å². The van der Waals surface area contributed by atoms with Gasteiger partial charge in [-0.2, -0.15) is 0 Å². The first kappa shape index (κ1) is 21.0. The highest BCUT2D eigenvalue weighted by Gasteiger charge is 2.41. The Morgan fingerprint density at radius 3 is 1.72 bits per heavy atom. The summed E-state index contributed by atoms with van der Waals surface area (Å²) >= 11 is 0. The fourth-order valence-electron chi connectivity index (χ4n) is 3.75. The monoisotopic (exact) mass is 362 g/mol. The van der Waals surface area contributed by atoms with Crippen molar-refractivity contribution in [2.75, 3.05) is 39.4 Å². The predicted octanol–water partition coefficient (Wildman–Crippen LogP) is -2.41. The van der Waals surface area contributed by atoms with Gasteiger partial charge in [0.05, 0.1) is 49.7 Å². The normalized spacial score (nSPS) is 39.5. The van der Waals surface area contributed by atoms with E-state index in [2.05, 4.69) is 0 Å². The van der Waals surface area contributed by atoms with Crippen molar-refractivity contribution in [2.24, 2.45) is 5.92 Å². The highest BCUT2D eigenvalue weighted by molar-refractivity contribution is 4.95. The molecule has 1 aliphatic carbocycles. The predicted molar refractivity (Wildman–Crippen MR) is 91.9 cm³/mol. The molecule has 6 atom stereocenters. The van der Waals surface area contributed by atoms with E-state index < -0.39 is 24.4 Å². The first-order valence-corrected chi connectivity index (χ1v) is 9.34. The number of rotatable bonds is 6. The van der Waals surface area contributed by atoms with E-state index in [1.807, 2.05) is 16.7 Å². The average Bonchev–Trinajstić information content (AvgIpc) is 3.29. The number of aliphatic hydroxyl groups excluding tert-OH is 6. The molecule has 0 aromatic heterocycles. The largest absolute Gasteiger partial charge is 0.395 e. The van der Waals surface area contributed by atoms with Crippen LogP contribution < -0.4 is 0 Å². The number of hydrogen-bond donors (Lipinski definition) is 6. The molecule has 0 bridgehead atoms. The second-order valence-electron chi connectivity index (χ2n) is 7.51. The zero-order chi connectivity index (χ0) is 18.6. The molecule has 8 heteroatoms. The summed E-state index contributed by atoms with van der Waals surface area (Å²) in [5.74, 6) is 0.728. The quantitative estimate of drug-likeness (QED) is 0.308. The average molecular weight is 362 g/mol. The van der Waals surface area contributed by atoms with Crippen LogP contribution in [-0.4, -0.2) is 116 Å². The first-order valence-electron chi connectivity index (χ1n) is 9.34. The van der Waals surface area contributed by atoms with E-state index in [-0.39, 0.29) is 25.3 Å². The Labute approximate surface area is 149 Å². The van der Waals surface area contributed by atoms with Gasteiger partial charge in [-0.15, -0.1) is 0 Å². The van der Waals surface area contributed by atoms with Gasteiger partial charge in [-0.1, -0.05) is 6.92 Å². The van der Waals surface area contributed by atoms with Gasteiger partial charge in [0, 0.05) is 19.6 Å². The van der Waals surface area contributed by atoms with E-state index in [9.17, 15) is 20.4 Å². The minimum absolute atomic E-state index is 0.0645. The summed E-state index contributed by atoms with van der Waals surface area (Å²) < 4.78 is 0. The van der Waals surface area contributed by atoms with Crippen LogP contribution in [0.15, 0.2) is 0 Å². The second-order valence-corrected chi connectivity index (χ2v) is 7.51. The third kappa shape index (κ3) is 5.33. The molecule has 148 valence electrons. The molecule has 6 N–H and O–H groups in total. The van der Waals surface area contributed by atoms with Crippen molar-refractivity contribution in [1.82, 2.24) is 9.80 Å². The smallest absolute Gasteiger partial charge is 0.0988 e. The van der Waals surface area contributed by atoms with Gasteiger partial charge in [-0.3, -0.25) is 9.80 Å². The van der Waals surface area contributed by atoms with Gasteiger partial charge in [0.2, 0.25) is 0 Å². The molecule has 0 aromatic carbocycles. The zero-order valence-corrected chi connectivity index (χ0v) is 15.0. The lowest BCUT2D eigenvalue weighted by atomic mass is 10.1. The second kappa shape index (κ2) is 9.57. The summed E-state index contributed by atoms with van der Waals surface area (Å²) in [4.78, 5) is 3.93. The summed E-state index contributed by atoms with van der Waals surface area (Å²) in [6.07, 6.45) is 0.521. The SMILES string of the molecule is CCCN1C[C@@H](O)[C@H](O)[C@H]1CO.OC[C@@H]1[C@@H](O)[C@H](O)CN1CC1CC1. The fraction of sp³-hybridized carbons (Fsp3) is 1.00. The third-order valence-electron chi connectivity index (χ3n) is 5.43. The molecule has 2 aliphatic heterocycles. The van der Waals surface area contributed by atoms with E-state index >= 15 is 0 Å². The molecule has 8 nitrogen and oxygen atoms in total. The van der Waals surface area contributed by atoms with Gasteiger partial charge in [0.1, 0.15) is 0 Å². The van der Waals surface area contributed by atoms with Crippen molar-refractivity contribution in [3.63, 3.8) is 0 Å². The van der Waals surface area contributed by atoms with Crippen molar-refractivity contribution in [1.29, 1.82) is 0 Å². The van der Waals surface area contributed by atoms with Crippen molar-refractivity contribution in [2.45, 2.75) is 62.7 Å². The minimum atomic E-state index is -0.790. The van der Waals surface area contributed by atoms with E-state index in [1.54, 1.807) is 0 Å².